The van der Waals surface area contributed by atoms with E-state index in [4.69, 9.17) is 0 Å². The van der Waals surface area contributed by atoms with Crippen LogP contribution in [0.4, 0.5) is 4.39 Å². The lowest BCUT2D eigenvalue weighted by Crippen LogP contribution is -2.18. The third kappa shape index (κ3) is 2.71. The lowest BCUT2D eigenvalue weighted by atomic mass is 10.1. The van der Waals surface area contributed by atoms with E-state index < -0.39 is 0 Å². The summed E-state index contributed by atoms with van der Waals surface area (Å²) < 4.78 is 14.1. The van der Waals surface area contributed by atoms with Crippen molar-refractivity contribution in [2.45, 2.75) is 12.5 Å². The van der Waals surface area contributed by atoms with Gasteiger partial charge in [-0.25, -0.2) is 9.37 Å². The molecule has 0 fully saturated rings. The first-order valence-electron chi connectivity index (χ1n) is 6.53. The third-order valence-corrected chi connectivity index (χ3v) is 4.46. The maximum atomic E-state index is 12.9. The molecule has 1 atom stereocenters. The number of nitrogens with one attached hydrogen (secondary N) is 1. The minimum atomic E-state index is -0.199. The molecule has 1 aromatic heterocycles. The number of thiazole rings is 1. The molecule has 1 N–H and O–H groups in total. The van der Waals surface area contributed by atoms with Crippen molar-refractivity contribution in [1.29, 1.82) is 0 Å². The van der Waals surface area contributed by atoms with Crippen molar-refractivity contribution in [1.82, 2.24) is 10.3 Å². The number of hydrogen-bond donors (Lipinski definition) is 1. The Bertz CT molecular complexity index is 673. The number of fused-ring (bicyclic) bond motifs is 1. The predicted molar refractivity (Wildman–Crippen MR) is 81.5 cm³/mol. The summed E-state index contributed by atoms with van der Waals surface area (Å²) in [4.78, 5) is 4.68. The second kappa shape index (κ2) is 5.69. The second-order valence-electron chi connectivity index (χ2n) is 4.69. The van der Waals surface area contributed by atoms with Gasteiger partial charge in [0.2, 0.25) is 0 Å². The molecule has 3 rings (SSSR count). The molecule has 1 unspecified atom stereocenters. The van der Waals surface area contributed by atoms with Gasteiger partial charge in [-0.05, 0) is 43.3 Å². The molecule has 0 aliphatic heterocycles. The van der Waals surface area contributed by atoms with Crippen molar-refractivity contribution in [3.63, 3.8) is 0 Å². The lowest BCUT2D eigenvalue weighted by molar-refractivity contribution is 0.586. The highest BCUT2D eigenvalue weighted by Crippen LogP contribution is 2.28. The van der Waals surface area contributed by atoms with Crippen LogP contribution in [0.2, 0.25) is 0 Å². The lowest BCUT2D eigenvalue weighted by Gasteiger charge is -2.13. The molecular weight excluding hydrogens is 271 g/mol. The summed E-state index contributed by atoms with van der Waals surface area (Å²) in [6, 6.07) is 14.9. The van der Waals surface area contributed by atoms with Crippen LogP contribution < -0.4 is 5.32 Å². The molecule has 4 heteroatoms. The number of hydrogen-bond acceptors (Lipinski definition) is 3. The maximum absolute atomic E-state index is 12.9. The Morgan fingerprint density at radius 1 is 1.15 bits per heavy atom. The Morgan fingerprint density at radius 2 is 1.90 bits per heavy atom. The molecule has 0 bridgehead atoms. The fourth-order valence-electron chi connectivity index (χ4n) is 2.21. The summed E-state index contributed by atoms with van der Waals surface area (Å²) in [5.74, 6) is -0.199. The van der Waals surface area contributed by atoms with Crippen LogP contribution in [0.25, 0.3) is 10.2 Å². The molecular formula is C16H15FN2S. The first-order chi connectivity index (χ1) is 9.76. The molecule has 2 aromatic carbocycles. The highest BCUT2D eigenvalue weighted by atomic mass is 32.1. The zero-order valence-corrected chi connectivity index (χ0v) is 12.0. The topological polar surface area (TPSA) is 24.9 Å². The molecule has 0 aliphatic rings. The molecule has 102 valence electrons. The van der Waals surface area contributed by atoms with E-state index in [0.717, 1.165) is 22.5 Å². The van der Waals surface area contributed by atoms with Gasteiger partial charge in [-0.15, -0.1) is 11.3 Å². The van der Waals surface area contributed by atoms with Gasteiger partial charge in [-0.3, -0.25) is 0 Å². The van der Waals surface area contributed by atoms with Gasteiger partial charge in [0.15, 0.2) is 0 Å². The van der Waals surface area contributed by atoms with Crippen LogP contribution in [0.1, 0.15) is 16.6 Å². The SMILES string of the molecule is CNC(Cc1ccc(F)cc1)c1nc2ccccc2s1. The smallest absolute Gasteiger partial charge is 0.123 e. The quantitative estimate of drug-likeness (QED) is 0.786. The highest BCUT2D eigenvalue weighted by molar-refractivity contribution is 7.18. The van der Waals surface area contributed by atoms with Gasteiger partial charge in [0.1, 0.15) is 10.8 Å². The predicted octanol–water partition coefficient (Wildman–Crippen LogP) is 3.94. The van der Waals surface area contributed by atoms with Crippen molar-refractivity contribution < 1.29 is 4.39 Å². The normalized spacial score (nSPS) is 12.7. The van der Waals surface area contributed by atoms with Crippen LogP contribution in [0.5, 0.6) is 0 Å². The number of likely N-dealkylation sites (N-methyl/N-ethyl adjacent to an activating group) is 1. The Hall–Kier alpha value is -1.78. The average Bonchev–Trinajstić information content (AvgIpc) is 2.90. The summed E-state index contributed by atoms with van der Waals surface area (Å²) in [7, 11) is 1.93. The van der Waals surface area contributed by atoms with Crippen molar-refractivity contribution in [2.75, 3.05) is 7.05 Å². The van der Waals surface area contributed by atoms with E-state index in [1.54, 1.807) is 11.3 Å². The van der Waals surface area contributed by atoms with Gasteiger partial charge in [0.05, 0.1) is 16.3 Å². The molecule has 0 radical (unpaired) electrons. The summed E-state index contributed by atoms with van der Waals surface area (Å²) in [6.07, 6.45) is 0.802. The van der Waals surface area contributed by atoms with E-state index >= 15 is 0 Å². The Balaban J connectivity index is 1.87. The Kier molecular flexibility index (Phi) is 3.76. The standard InChI is InChI=1S/C16H15FN2S/c1-18-14(10-11-6-8-12(17)9-7-11)16-19-13-4-2-3-5-15(13)20-16/h2-9,14,18H,10H2,1H3. The van der Waals surface area contributed by atoms with Gasteiger partial charge in [-0.2, -0.15) is 0 Å². The minimum Gasteiger partial charge on any atom is -0.311 e. The van der Waals surface area contributed by atoms with Crippen LogP contribution in [-0.4, -0.2) is 12.0 Å². The summed E-state index contributed by atoms with van der Waals surface area (Å²) >= 11 is 1.70. The zero-order chi connectivity index (χ0) is 13.9. The largest absolute Gasteiger partial charge is 0.311 e. The molecule has 0 aliphatic carbocycles. The molecule has 0 saturated heterocycles. The number of nitrogens with zero attached hydrogens (tertiary/aromatic N) is 1. The maximum Gasteiger partial charge on any atom is 0.123 e. The van der Waals surface area contributed by atoms with Crippen molar-refractivity contribution >= 4 is 21.6 Å². The van der Waals surface area contributed by atoms with E-state index in [2.05, 4.69) is 16.4 Å². The number of benzene rings is 2. The van der Waals surface area contributed by atoms with Gasteiger partial charge < -0.3 is 5.32 Å². The Labute approximate surface area is 121 Å². The van der Waals surface area contributed by atoms with Crippen LogP contribution in [-0.2, 0) is 6.42 Å². The fourth-order valence-corrected chi connectivity index (χ4v) is 3.29. The molecule has 0 amide bonds. The van der Waals surface area contributed by atoms with Crippen LogP contribution in [0.15, 0.2) is 48.5 Å². The van der Waals surface area contributed by atoms with E-state index in [1.807, 2.05) is 37.4 Å². The van der Waals surface area contributed by atoms with Gasteiger partial charge in [0, 0.05) is 0 Å². The fraction of sp³-hybridized carbons (Fsp3) is 0.188. The number of halogens is 1. The van der Waals surface area contributed by atoms with Crippen molar-refractivity contribution in [3.8, 4) is 0 Å². The number of aromatic nitrogens is 1. The second-order valence-corrected chi connectivity index (χ2v) is 5.75. The third-order valence-electron chi connectivity index (χ3n) is 3.31. The average molecular weight is 286 g/mol. The molecule has 1 heterocycles. The van der Waals surface area contributed by atoms with E-state index in [-0.39, 0.29) is 11.9 Å². The first kappa shape index (κ1) is 13.2. The number of para-hydroxylation sites is 1. The van der Waals surface area contributed by atoms with E-state index in [1.165, 1.54) is 16.8 Å². The highest BCUT2D eigenvalue weighted by Gasteiger charge is 2.15. The van der Waals surface area contributed by atoms with Crippen LogP contribution >= 0.6 is 11.3 Å². The molecule has 0 saturated carbocycles. The summed E-state index contributed by atoms with van der Waals surface area (Å²) in [5, 5.41) is 4.36. The summed E-state index contributed by atoms with van der Waals surface area (Å²) in [5.41, 5.74) is 2.14. The molecule has 3 aromatic rings. The van der Waals surface area contributed by atoms with Crippen molar-refractivity contribution in [2.24, 2.45) is 0 Å². The van der Waals surface area contributed by atoms with Crippen molar-refractivity contribution in [3.05, 3.63) is 64.9 Å². The molecule has 0 spiro atoms. The zero-order valence-electron chi connectivity index (χ0n) is 11.1. The molecule has 2 nitrogen and oxygen atoms in total. The van der Waals surface area contributed by atoms with Gasteiger partial charge in [-0.1, -0.05) is 24.3 Å². The van der Waals surface area contributed by atoms with Gasteiger partial charge >= 0.3 is 0 Å². The first-order valence-corrected chi connectivity index (χ1v) is 7.35. The van der Waals surface area contributed by atoms with Crippen LogP contribution in [0, 0.1) is 5.82 Å². The number of rotatable bonds is 4. The van der Waals surface area contributed by atoms with E-state index in [0.29, 0.717) is 0 Å². The van der Waals surface area contributed by atoms with Gasteiger partial charge in [0.25, 0.3) is 0 Å². The minimum absolute atomic E-state index is 0.151. The monoisotopic (exact) mass is 286 g/mol. The Morgan fingerprint density at radius 3 is 2.60 bits per heavy atom. The summed E-state index contributed by atoms with van der Waals surface area (Å²) in [6.45, 7) is 0. The molecule has 20 heavy (non-hydrogen) atoms. The van der Waals surface area contributed by atoms with Crippen LogP contribution in [0.3, 0.4) is 0 Å². The van der Waals surface area contributed by atoms with E-state index in [9.17, 15) is 4.39 Å².